The number of hydrogen-bond acceptors (Lipinski definition) is 6. The second-order valence-electron chi connectivity index (χ2n) is 12.5. The average Bonchev–Trinajstić information content (AvgIpc) is 2.97. The minimum absolute atomic E-state index is 0.00256. The monoisotopic (exact) mass is 652 g/mol. The average molecular weight is 653 g/mol. The summed E-state index contributed by atoms with van der Waals surface area (Å²) in [6.07, 6.45) is 34.0. The summed E-state index contributed by atoms with van der Waals surface area (Å²) in [7, 11) is 1.25. The third kappa shape index (κ3) is 30.6. The molecule has 0 saturated heterocycles. The van der Waals surface area contributed by atoms with Crippen molar-refractivity contribution in [1.82, 2.24) is 5.32 Å². The van der Waals surface area contributed by atoms with Crippen LogP contribution in [0, 0.1) is 0 Å². The van der Waals surface area contributed by atoms with E-state index in [1.54, 1.807) is 0 Å². The Morgan fingerprint density at radius 1 is 0.800 bits per heavy atom. The molecule has 0 aromatic carbocycles. The second-order valence-corrected chi connectivity index (χ2v) is 13.9. The highest BCUT2D eigenvalue weighted by Gasteiger charge is 2.24. The maximum atomic E-state index is 12.7. The van der Waals surface area contributed by atoms with E-state index in [-0.39, 0.29) is 25.5 Å². The summed E-state index contributed by atoms with van der Waals surface area (Å²) >= 11 is 0. The molecule has 8 nitrogen and oxygen atoms in total. The van der Waals surface area contributed by atoms with Crippen LogP contribution in [-0.2, 0) is 18.4 Å². The number of hydrogen-bond donors (Lipinski definition) is 2. The van der Waals surface area contributed by atoms with Crippen LogP contribution >= 0.6 is 7.82 Å². The van der Waals surface area contributed by atoms with Gasteiger partial charge in [-0.2, -0.15) is 0 Å². The first kappa shape index (κ1) is 43.2. The van der Waals surface area contributed by atoms with Crippen LogP contribution in [0.2, 0.25) is 0 Å². The fourth-order valence-electron chi connectivity index (χ4n) is 4.25. The molecule has 0 aromatic rings. The molecule has 0 aliphatic rings. The number of aliphatic hydroxyl groups excluding tert-OH is 1. The van der Waals surface area contributed by atoms with Gasteiger partial charge in [-0.05, 0) is 51.4 Å². The summed E-state index contributed by atoms with van der Waals surface area (Å²) in [6, 6.07) is -0.828. The number of phosphoric acid groups is 1. The Labute approximate surface area is 275 Å². The zero-order valence-electron chi connectivity index (χ0n) is 29.0. The van der Waals surface area contributed by atoms with Gasteiger partial charge >= 0.3 is 0 Å². The molecule has 0 radical (unpaired) electrons. The van der Waals surface area contributed by atoms with Gasteiger partial charge in [0, 0.05) is 6.42 Å². The first-order valence-electron chi connectivity index (χ1n) is 17.1. The van der Waals surface area contributed by atoms with Crippen molar-refractivity contribution < 1.29 is 32.9 Å². The highest BCUT2D eigenvalue weighted by Crippen LogP contribution is 2.38. The standard InChI is InChI=1S/C36H65N2O6P/c1-6-8-10-12-14-15-16-17-18-19-20-21-22-23-24-26-28-30-36(40)37-34(35(39)29-27-25-13-11-9-7-2)33-44-45(41,42)43-32-31-38(3,4)5/h8,10,14-15,17-18,20-21,23-24,34-35,39H,6-7,9,11-13,16,19,22,25-33H2,1-5H3,(H-,37,40,41,42)/b10-8-,15-14-,18-17-,21-20-,24-23-. The molecule has 0 aliphatic heterocycles. The van der Waals surface area contributed by atoms with Gasteiger partial charge in [0.25, 0.3) is 7.82 Å². The number of nitrogens with zero attached hydrogens (tertiary/aromatic N) is 1. The molecule has 3 unspecified atom stereocenters. The third-order valence-corrected chi connectivity index (χ3v) is 7.98. The van der Waals surface area contributed by atoms with Gasteiger partial charge in [0.1, 0.15) is 13.2 Å². The smallest absolute Gasteiger partial charge is 0.268 e. The summed E-state index contributed by atoms with van der Waals surface area (Å²) in [4.78, 5) is 25.0. The van der Waals surface area contributed by atoms with Gasteiger partial charge in [-0.1, -0.05) is 113 Å². The van der Waals surface area contributed by atoms with Gasteiger partial charge in [-0.15, -0.1) is 0 Å². The van der Waals surface area contributed by atoms with E-state index in [0.29, 0.717) is 23.9 Å². The van der Waals surface area contributed by atoms with Crippen molar-refractivity contribution in [2.45, 2.75) is 122 Å². The Balaban J connectivity index is 4.53. The number of carbonyl (C=O) groups is 1. The van der Waals surface area contributed by atoms with Crippen LogP contribution in [-0.4, -0.2) is 68.5 Å². The molecular formula is C36H65N2O6P. The van der Waals surface area contributed by atoms with Gasteiger partial charge in [0.2, 0.25) is 5.91 Å². The van der Waals surface area contributed by atoms with E-state index in [9.17, 15) is 19.4 Å². The van der Waals surface area contributed by atoms with Crippen molar-refractivity contribution in [3.05, 3.63) is 60.8 Å². The number of nitrogens with one attached hydrogen (secondary N) is 1. The zero-order valence-corrected chi connectivity index (χ0v) is 29.9. The van der Waals surface area contributed by atoms with Crippen molar-refractivity contribution in [3.8, 4) is 0 Å². The SMILES string of the molecule is CC/C=C\C/C=C\C/C=C\C/C=C\C/C=C\CCCC(=O)NC(COP(=O)([O-])OCC[N+](C)(C)C)C(O)CCCCCCCC. The second kappa shape index (κ2) is 28.4. The summed E-state index contributed by atoms with van der Waals surface area (Å²) in [5.74, 6) is -0.232. The van der Waals surface area contributed by atoms with Crippen LogP contribution in [0.15, 0.2) is 60.8 Å². The molecule has 0 aromatic heterocycles. The highest BCUT2D eigenvalue weighted by molar-refractivity contribution is 7.45. The molecule has 260 valence electrons. The number of phosphoric ester groups is 1. The maximum absolute atomic E-state index is 12.7. The molecule has 0 bridgehead atoms. The largest absolute Gasteiger partial charge is 0.756 e. The lowest BCUT2D eigenvalue weighted by Crippen LogP contribution is -2.46. The molecule has 0 fully saturated rings. The molecule has 2 N–H and O–H groups in total. The number of amides is 1. The minimum atomic E-state index is -4.56. The minimum Gasteiger partial charge on any atom is -0.756 e. The fourth-order valence-corrected chi connectivity index (χ4v) is 4.97. The number of aliphatic hydroxyl groups is 1. The van der Waals surface area contributed by atoms with Gasteiger partial charge in [0.15, 0.2) is 0 Å². The summed E-state index contributed by atoms with van der Waals surface area (Å²) in [6.45, 7) is 4.44. The van der Waals surface area contributed by atoms with Crippen molar-refractivity contribution in [1.29, 1.82) is 0 Å². The van der Waals surface area contributed by atoms with Crippen LogP contribution in [0.1, 0.15) is 110 Å². The van der Waals surface area contributed by atoms with Crippen LogP contribution in [0.5, 0.6) is 0 Å². The predicted molar refractivity (Wildman–Crippen MR) is 187 cm³/mol. The van der Waals surface area contributed by atoms with Crippen molar-refractivity contribution >= 4 is 13.7 Å². The molecule has 0 heterocycles. The van der Waals surface area contributed by atoms with Gasteiger partial charge in [-0.25, -0.2) is 0 Å². The molecule has 3 atom stereocenters. The Morgan fingerprint density at radius 3 is 1.89 bits per heavy atom. The fraction of sp³-hybridized carbons (Fsp3) is 0.694. The Kier molecular flexibility index (Phi) is 27.3. The highest BCUT2D eigenvalue weighted by atomic mass is 31.2. The number of unbranched alkanes of at least 4 members (excludes halogenated alkanes) is 6. The number of likely N-dealkylation sites (N-methyl/N-ethyl adjacent to an activating group) is 1. The first-order valence-corrected chi connectivity index (χ1v) is 18.6. The summed E-state index contributed by atoms with van der Waals surface area (Å²) < 4.78 is 22.9. The van der Waals surface area contributed by atoms with Crippen molar-refractivity contribution in [3.63, 3.8) is 0 Å². The van der Waals surface area contributed by atoms with Crippen LogP contribution in [0.3, 0.4) is 0 Å². The van der Waals surface area contributed by atoms with Gasteiger partial charge < -0.3 is 28.8 Å². The molecule has 9 heteroatoms. The summed E-state index contributed by atoms with van der Waals surface area (Å²) in [5, 5.41) is 13.6. The molecular weight excluding hydrogens is 587 g/mol. The van der Waals surface area contributed by atoms with E-state index in [1.807, 2.05) is 21.1 Å². The number of rotatable bonds is 29. The van der Waals surface area contributed by atoms with E-state index in [1.165, 1.54) is 12.8 Å². The van der Waals surface area contributed by atoms with Crippen molar-refractivity contribution in [2.24, 2.45) is 0 Å². The van der Waals surface area contributed by atoms with Gasteiger partial charge in [-0.3, -0.25) is 9.36 Å². The quantitative estimate of drug-likeness (QED) is 0.0371. The predicted octanol–water partition coefficient (Wildman–Crippen LogP) is 7.71. The molecule has 0 saturated carbocycles. The Bertz CT molecular complexity index is 923. The Hall–Kier alpha value is -1.80. The molecule has 0 rings (SSSR count). The van der Waals surface area contributed by atoms with E-state index < -0.39 is 20.0 Å². The Morgan fingerprint density at radius 2 is 1.33 bits per heavy atom. The lowest BCUT2D eigenvalue weighted by molar-refractivity contribution is -0.870. The number of allylic oxidation sites excluding steroid dienone is 10. The molecule has 1 amide bonds. The zero-order chi connectivity index (χ0) is 33.7. The van der Waals surface area contributed by atoms with Gasteiger partial charge in [0.05, 0.1) is 39.9 Å². The normalized spacial score (nSPS) is 15.6. The molecule has 0 aliphatic carbocycles. The van der Waals surface area contributed by atoms with Crippen molar-refractivity contribution in [2.75, 3.05) is 40.9 Å². The first-order chi connectivity index (χ1) is 21.5. The van der Waals surface area contributed by atoms with Crippen LogP contribution in [0.25, 0.3) is 0 Å². The lowest BCUT2D eigenvalue weighted by atomic mass is 10.0. The summed E-state index contributed by atoms with van der Waals surface area (Å²) in [5.41, 5.74) is 0. The van der Waals surface area contributed by atoms with E-state index in [2.05, 4.69) is 79.9 Å². The lowest BCUT2D eigenvalue weighted by Gasteiger charge is -2.30. The van der Waals surface area contributed by atoms with E-state index in [0.717, 1.165) is 64.2 Å². The maximum Gasteiger partial charge on any atom is 0.268 e. The van der Waals surface area contributed by atoms with E-state index in [4.69, 9.17) is 9.05 Å². The molecule has 45 heavy (non-hydrogen) atoms. The number of carbonyl (C=O) groups excluding carboxylic acids is 1. The molecule has 0 spiro atoms. The van der Waals surface area contributed by atoms with Crippen LogP contribution < -0.4 is 10.2 Å². The van der Waals surface area contributed by atoms with E-state index >= 15 is 0 Å². The number of quaternary nitrogens is 1. The third-order valence-electron chi connectivity index (χ3n) is 7.02. The van der Waals surface area contributed by atoms with Crippen LogP contribution in [0.4, 0.5) is 0 Å². The topological polar surface area (TPSA) is 108 Å².